The topological polar surface area (TPSA) is 79.5 Å². The summed E-state index contributed by atoms with van der Waals surface area (Å²) in [5.74, 6) is -0.164. The van der Waals surface area contributed by atoms with Crippen LogP contribution in [0.2, 0.25) is 0 Å². The zero-order valence-electron chi connectivity index (χ0n) is 12.1. The molecule has 0 amide bonds. The maximum Gasteiger partial charge on any atom is 0.336 e. The third-order valence-electron chi connectivity index (χ3n) is 3.85. The van der Waals surface area contributed by atoms with Crippen LogP contribution in [0.15, 0.2) is 16.7 Å². The summed E-state index contributed by atoms with van der Waals surface area (Å²) in [6.07, 6.45) is 2.24. The van der Waals surface area contributed by atoms with Gasteiger partial charge in [0.25, 0.3) is 11.8 Å². The van der Waals surface area contributed by atoms with Crippen molar-refractivity contribution in [2.45, 2.75) is 26.7 Å². The Kier molecular flexibility index (Phi) is 3.37. The van der Waals surface area contributed by atoms with Gasteiger partial charge in [-0.25, -0.2) is 4.79 Å². The molecule has 0 atom stereocenters. The summed E-state index contributed by atoms with van der Waals surface area (Å²) in [4.78, 5) is 18.0. The third-order valence-corrected chi connectivity index (χ3v) is 3.85. The van der Waals surface area contributed by atoms with Crippen molar-refractivity contribution in [1.82, 2.24) is 10.1 Å². The maximum absolute atomic E-state index is 11.5. The molecular formula is C15H17N3O3. The average Bonchev–Trinajstić information content (AvgIpc) is 3.10. The molecule has 0 aliphatic carbocycles. The molecule has 2 heterocycles. The largest absolute Gasteiger partial charge is 0.478 e. The van der Waals surface area contributed by atoms with Gasteiger partial charge in [0.2, 0.25) is 0 Å². The van der Waals surface area contributed by atoms with Gasteiger partial charge >= 0.3 is 5.97 Å². The Morgan fingerprint density at radius 2 is 1.90 bits per heavy atom. The van der Waals surface area contributed by atoms with Crippen LogP contribution in [0.4, 0.5) is 5.95 Å². The van der Waals surface area contributed by atoms with Crippen LogP contribution in [0.5, 0.6) is 0 Å². The highest BCUT2D eigenvalue weighted by molar-refractivity contribution is 5.97. The molecule has 0 bridgehead atoms. The van der Waals surface area contributed by atoms with Crippen molar-refractivity contribution in [3.05, 3.63) is 28.8 Å². The van der Waals surface area contributed by atoms with Gasteiger partial charge in [0.1, 0.15) is 0 Å². The number of aromatic carboxylic acids is 1. The molecule has 1 saturated heterocycles. The Morgan fingerprint density at radius 1 is 1.24 bits per heavy atom. The molecule has 1 aliphatic rings. The van der Waals surface area contributed by atoms with Crippen LogP contribution in [0.1, 0.15) is 34.3 Å². The van der Waals surface area contributed by atoms with E-state index in [1.54, 1.807) is 13.0 Å². The van der Waals surface area contributed by atoms with E-state index in [2.05, 4.69) is 15.0 Å². The van der Waals surface area contributed by atoms with E-state index in [1.165, 1.54) is 0 Å². The van der Waals surface area contributed by atoms with Gasteiger partial charge in [-0.3, -0.25) is 0 Å². The summed E-state index contributed by atoms with van der Waals surface area (Å²) in [5, 5.41) is 13.4. The molecule has 21 heavy (non-hydrogen) atoms. The minimum atomic E-state index is -0.980. The number of anilines is 1. The van der Waals surface area contributed by atoms with Gasteiger partial charge in [0.15, 0.2) is 0 Å². The first-order valence-electron chi connectivity index (χ1n) is 7.00. The summed E-state index contributed by atoms with van der Waals surface area (Å²) < 4.78 is 5.32. The van der Waals surface area contributed by atoms with Crippen molar-refractivity contribution in [2.24, 2.45) is 0 Å². The molecule has 1 aromatic heterocycles. The highest BCUT2D eigenvalue weighted by Gasteiger charge is 2.24. The Balaban J connectivity index is 2.08. The van der Waals surface area contributed by atoms with Crippen molar-refractivity contribution in [3.8, 4) is 11.5 Å². The molecule has 1 N–H and O–H groups in total. The number of carbonyl (C=O) groups is 1. The molecule has 6 nitrogen and oxygen atoms in total. The number of hydrogen-bond acceptors (Lipinski definition) is 5. The monoisotopic (exact) mass is 287 g/mol. The fraction of sp³-hybridized carbons (Fsp3) is 0.400. The molecule has 0 radical (unpaired) electrons. The van der Waals surface area contributed by atoms with Crippen molar-refractivity contribution >= 4 is 11.9 Å². The summed E-state index contributed by atoms with van der Waals surface area (Å²) in [6, 6.07) is 3.66. The van der Waals surface area contributed by atoms with Crippen LogP contribution >= 0.6 is 0 Å². The van der Waals surface area contributed by atoms with Gasteiger partial charge in [-0.05, 0) is 43.0 Å². The quantitative estimate of drug-likeness (QED) is 0.934. The molecular weight excluding hydrogens is 270 g/mol. The van der Waals surface area contributed by atoms with Crippen LogP contribution in [0.3, 0.4) is 0 Å². The summed E-state index contributed by atoms with van der Waals surface area (Å²) >= 11 is 0. The number of aromatic nitrogens is 2. The molecule has 3 rings (SSSR count). The van der Waals surface area contributed by atoms with Crippen molar-refractivity contribution in [2.75, 3.05) is 18.0 Å². The third kappa shape index (κ3) is 2.37. The number of rotatable bonds is 3. The molecule has 6 heteroatoms. The van der Waals surface area contributed by atoms with Gasteiger partial charge < -0.3 is 14.5 Å². The van der Waals surface area contributed by atoms with Gasteiger partial charge in [0, 0.05) is 13.1 Å². The second kappa shape index (κ2) is 5.20. The number of carboxylic acids is 1. The van der Waals surface area contributed by atoms with E-state index in [4.69, 9.17) is 4.52 Å². The second-order valence-corrected chi connectivity index (χ2v) is 5.35. The number of hydrogen-bond donors (Lipinski definition) is 1. The molecule has 0 unspecified atom stereocenters. The standard InChI is InChI=1S/C15H17N3O3/c1-9-5-6-10(2)12(14(19)20)11(9)13-16-15(17-21-13)18-7-3-4-8-18/h5-6H,3-4,7-8H2,1-2H3,(H,19,20). The van der Waals surface area contributed by atoms with Gasteiger partial charge in [-0.15, -0.1) is 0 Å². The van der Waals surface area contributed by atoms with E-state index in [-0.39, 0.29) is 11.5 Å². The Bertz CT molecular complexity index is 687. The molecule has 0 saturated carbocycles. The predicted octanol–water partition coefficient (Wildman–Crippen LogP) is 2.65. The van der Waals surface area contributed by atoms with Crippen LogP contribution in [0, 0.1) is 13.8 Å². The highest BCUT2D eigenvalue weighted by Crippen LogP contribution is 2.30. The highest BCUT2D eigenvalue weighted by atomic mass is 16.5. The lowest BCUT2D eigenvalue weighted by Crippen LogP contribution is -2.18. The Labute approximate surface area is 122 Å². The van der Waals surface area contributed by atoms with Gasteiger partial charge in [0.05, 0.1) is 11.1 Å². The van der Waals surface area contributed by atoms with E-state index < -0.39 is 5.97 Å². The zero-order chi connectivity index (χ0) is 15.0. The SMILES string of the molecule is Cc1ccc(C)c(-c2nc(N3CCCC3)no2)c1C(=O)O. The summed E-state index contributed by atoms with van der Waals surface area (Å²) in [6.45, 7) is 5.44. The average molecular weight is 287 g/mol. The summed E-state index contributed by atoms with van der Waals surface area (Å²) in [7, 11) is 0. The van der Waals surface area contributed by atoms with Crippen molar-refractivity contribution in [3.63, 3.8) is 0 Å². The minimum absolute atomic E-state index is 0.228. The van der Waals surface area contributed by atoms with Crippen LogP contribution in [-0.2, 0) is 0 Å². The van der Waals surface area contributed by atoms with Gasteiger partial charge in [-0.1, -0.05) is 12.1 Å². The number of aryl methyl sites for hydroxylation is 2. The summed E-state index contributed by atoms with van der Waals surface area (Å²) in [5.41, 5.74) is 2.24. The lowest BCUT2D eigenvalue weighted by atomic mass is 9.97. The van der Waals surface area contributed by atoms with E-state index >= 15 is 0 Å². The molecule has 110 valence electrons. The number of carboxylic acid groups (broad SMARTS) is 1. The number of benzene rings is 1. The fourth-order valence-corrected chi connectivity index (χ4v) is 2.73. The van der Waals surface area contributed by atoms with E-state index in [0.717, 1.165) is 31.5 Å². The second-order valence-electron chi connectivity index (χ2n) is 5.35. The maximum atomic E-state index is 11.5. The first-order chi connectivity index (χ1) is 10.1. The first kappa shape index (κ1) is 13.6. The normalized spacial score (nSPS) is 14.7. The minimum Gasteiger partial charge on any atom is -0.478 e. The molecule has 1 aromatic carbocycles. The van der Waals surface area contributed by atoms with E-state index in [9.17, 15) is 9.90 Å². The van der Waals surface area contributed by atoms with Crippen molar-refractivity contribution in [1.29, 1.82) is 0 Å². The van der Waals surface area contributed by atoms with Crippen LogP contribution in [0.25, 0.3) is 11.5 Å². The zero-order valence-corrected chi connectivity index (χ0v) is 12.1. The molecule has 1 fully saturated rings. The fourth-order valence-electron chi connectivity index (χ4n) is 2.73. The predicted molar refractivity (Wildman–Crippen MR) is 77.6 cm³/mol. The van der Waals surface area contributed by atoms with Crippen LogP contribution in [-0.4, -0.2) is 34.3 Å². The van der Waals surface area contributed by atoms with E-state index in [1.807, 2.05) is 13.0 Å². The Hall–Kier alpha value is -2.37. The van der Waals surface area contributed by atoms with Crippen molar-refractivity contribution < 1.29 is 14.4 Å². The molecule has 1 aliphatic heterocycles. The lowest BCUT2D eigenvalue weighted by Gasteiger charge is -2.10. The number of nitrogens with zero attached hydrogens (tertiary/aromatic N) is 3. The van der Waals surface area contributed by atoms with E-state index in [0.29, 0.717) is 17.1 Å². The first-order valence-corrected chi connectivity index (χ1v) is 7.00. The van der Waals surface area contributed by atoms with Crippen LogP contribution < -0.4 is 4.90 Å². The lowest BCUT2D eigenvalue weighted by molar-refractivity contribution is 0.0696. The molecule has 2 aromatic rings. The smallest absolute Gasteiger partial charge is 0.336 e. The molecule has 0 spiro atoms. The van der Waals surface area contributed by atoms with Gasteiger partial charge in [-0.2, -0.15) is 4.98 Å². The Morgan fingerprint density at radius 3 is 2.57 bits per heavy atom.